The van der Waals surface area contributed by atoms with Gasteiger partial charge >= 0.3 is 0 Å². The van der Waals surface area contributed by atoms with Crippen LogP contribution in [0.3, 0.4) is 0 Å². The first kappa shape index (κ1) is 15.9. The number of aliphatic hydroxyl groups excluding tert-OH is 1. The van der Waals surface area contributed by atoms with E-state index in [0.29, 0.717) is 0 Å². The first-order chi connectivity index (χ1) is 9.22. The van der Waals surface area contributed by atoms with Crippen molar-refractivity contribution in [1.29, 1.82) is 0 Å². The number of carbonyl (C=O) groups excluding carboxylic acids is 2. The summed E-state index contributed by atoms with van der Waals surface area (Å²) >= 11 is 0. The molecule has 1 rings (SSSR count). The molecule has 0 unspecified atom stereocenters. The van der Waals surface area contributed by atoms with Crippen molar-refractivity contribution in [3.8, 4) is 0 Å². The number of hydrogen-bond donors (Lipinski definition) is 2. The molecule has 0 fully saturated rings. The van der Waals surface area contributed by atoms with Gasteiger partial charge < -0.3 is 10.4 Å². The van der Waals surface area contributed by atoms with Crippen LogP contribution in [0.5, 0.6) is 0 Å². The number of rotatable bonds is 2. The van der Waals surface area contributed by atoms with Crippen molar-refractivity contribution < 1.29 is 14.7 Å². The minimum absolute atomic E-state index is 0.0316. The van der Waals surface area contributed by atoms with Crippen LogP contribution in [-0.4, -0.2) is 37.0 Å². The molecule has 0 saturated carbocycles. The van der Waals surface area contributed by atoms with Gasteiger partial charge in [-0.3, -0.25) is 14.6 Å². The quantitative estimate of drug-likeness (QED) is 0.457. The Morgan fingerprint density at radius 2 is 1.75 bits per heavy atom. The van der Waals surface area contributed by atoms with Crippen LogP contribution in [0.25, 0.3) is 0 Å². The maximum Gasteiger partial charge on any atom is 0.201 e. The lowest BCUT2D eigenvalue weighted by atomic mass is 9.82. The standard InChI is InChI=1S/C15H20N2O3/c1-15(2,3)6-9-12(18)10(7-16-4)14(20)11(8-17-5)13(9)19/h6-8,16,20H,1-5H3/b9-6+,10-7+,17-8?. The number of carbonyl (C=O) groups is 2. The van der Waals surface area contributed by atoms with Crippen molar-refractivity contribution in [2.75, 3.05) is 14.1 Å². The van der Waals surface area contributed by atoms with Gasteiger partial charge in [0, 0.05) is 26.5 Å². The molecule has 0 radical (unpaired) electrons. The summed E-state index contributed by atoms with van der Waals surface area (Å²) in [5, 5.41) is 12.8. The van der Waals surface area contributed by atoms with Crippen LogP contribution in [0.2, 0.25) is 0 Å². The minimum Gasteiger partial charge on any atom is -0.506 e. The van der Waals surface area contributed by atoms with E-state index >= 15 is 0 Å². The van der Waals surface area contributed by atoms with E-state index in [1.54, 1.807) is 13.1 Å². The Morgan fingerprint density at radius 1 is 1.15 bits per heavy atom. The first-order valence-electron chi connectivity index (χ1n) is 6.28. The Labute approximate surface area is 118 Å². The van der Waals surface area contributed by atoms with Crippen molar-refractivity contribution in [3.05, 3.63) is 34.8 Å². The summed E-state index contributed by atoms with van der Waals surface area (Å²) in [7, 11) is 3.11. The van der Waals surface area contributed by atoms with E-state index in [2.05, 4.69) is 10.3 Å². The number of allylic oxidation sites excluding steroid dienone is 4. The molecule has 5 nitrogen and oxygen atoms in total. The highest BCUT2D eigenvalue weighted by atomic mass is 16.3. The summed E-state index contributed by atoms with van der Waals surface area (Å²) in [6.07, 6.45) is 4.27. The van der Waals surface area contributed by atoms with Gasteiger partial charge in [0.05, 0.1) is 16.7 Å². The third kappa shape index (κ3) is 3.23. The van der Waals surface area contributed by atoms with Gasteiger partial charge in [0.2, 0.25) is 11.6 Å². The summed E-state index contributed by atoms with van der Waals surface area (Å²) in [6.45, 7) is 5.69. The molecule has 0 atom stereocenters. The number of hydrogen-bond acceptors (Lipinski definition) is 5. The van der Waals surface area contributed by atoms with Gasteiger partial charge in [-0.1, -0.05) is 26.8 Å². The number of nitrogens with zero attached hydrogens (tertiary/aromatic N) is 1. The monoisotopic (exact) mass is 276 g/mol. The van der Waals surface area contributed by atoms with Crippen molar-refractivity contribution in [3.63, 3.8) is 0 Å². The fourth-order valence-electron chi connectivity index (χ4n) is 1.84. The van der Waals surface area contributed by atoms with Crippen molar-refractivity contribution in [1.82, 2.24) is 5.32 Å². The molecule has 0 spiro atoms. The van der Waals surface area contributed by atoms with E-state index in [0.717, 1.165) is 0 Å². The Kier molecular flexibility index (Phi) is 4.65. The van der Waals surface area contributed by atoms with Gasteiger partial charge in [-0.2, -0.15) is 0 Å². The van der Waals surface area contributed by atoms with Gasteiger partial charge in [-0.25, -0.2) is 0 Å². The van der Waals surface area contributed by atoms with E-state index in [4.69, 9.17) is 0 Å². The molecule has 1 aliphatic carbocycles. The molecule has 0 bridgehead atoms. The highest BCUT2D eigenvalue weighted by molar-refractivity contribution is 6.39. The van der Waals surface area contributed by atoms with Crippen LogP contribution >= 0.6 is 0 Å². The second kappa shape index (κ2) is 5.86. The molecule has 2 N–H and O–H groups in total. The van der Waals surface area contributed by atoms with Gasteiger partial charge in [0.25, 0.3) is 0 Å². The SMILES string of the molecule is CN=CC1=C(O)/C(=C/NC)C(=O)/C(=C\C(C)(C)C)C1=O. The molecular weight excluding hydrogens is 256 g/mol. The zero-order valence-corrected chi connectivity index (χ0v) is 12.4. The van der Waals surface area contributed by atoms with E-state index < -0.39 is 11.6 Å². The molecule has 0 aromatic carbocycles. The number of nitrogens with one attached hydrogen (secondary N) is 1. The van der Waals surface area contributed by atoms with Gasteiger partial charge in [0.1, 0.15) is 5.76 Å². The van der Waals surface area contributed by atoms with Crippen LogP contribution in [0.1, 0.15) is 20.8 Å². The number of aliphatic hydroxyl groups is 1. The minimum atomic E-state index is -0.499. The second-order valence-corrected chi connectivity index (χ2v) is 5.58. The average Bonchev–Trinajstić information content (AvgIpc) is 2.34. The maximum atomic E-state index is 12.3. The number of Topliss-reactive ketones (excluding diaryl/α,β-unsaturated/α-hetero) is 2. The molecule has 0 aromatic rings. The predicted molar refractivity (Wildman–Crippen MR) is 78.8 cm³/mol. The Bertz CT molecular complexity index is 558. The van der Waals surface area contributed by atoms with Gasteiger partial charge in [-0.05, 0) is 5.41 Å². The predicted octanol–water partition coefficient (Wildman–Crippen LogP) is 1.73. The maximum absolute atomic E-state index is 12.3. The molecule has 0 aromatic heterocycles. The molecule has 1 aliphatic rings. The summed E-state index contributed by atoms with van der Waals surface area (Å²) in [6, 6.07) is 0. The third-order valence-corrected chi connectivity index (χ3v) is 2.61. The molecule has 108 valence electrons. The Balaban J connectivity index is 3.56. The van der Waals surface area contributed by atoms with Crippen molar-refractivity contribution in [2.24, 2.45) is 10.4 Å². The fourth-order valence-corrected chi connectivity index (χ4v) is 1.84. The molecule has 0 heterocycles. The highest BCUT2D eigenvalue weighted by Crippen LogP contribution is 2.29. The van der Waals surface area contributed by atoms with Crippen molar-refractivity contribution >= 4 is 17.8 Å². The molecular formula is C15H20N2O3. The zero-order valence-electron chi connectivity index (χ0n) is 12.4. The average molecular weight is 276 g/mol. The number of aliphatic imine (C=N–C) groups is 1. The van der Waals surface area contributed by atoms with E-state index in [1.165, 1.54) is 19.5 Å². The van der Waals surface area contributed by atoms with Gasteiger partial charge in [-0.15, -0.1) is 0 Å². The van der Waals surface area contributed by atoms with Gasteiger partial charge in [0.15, 0.2) is 0 Å². The Hall–Kier alpha value is -2.17. The summed E-state index contributed by atoms with van der Waals surface area (Å²) in [4.78, 5) is 28.4. The first-order valence-corrected chi connectivity index (χ1v) is 6.28. The lowest BCUT2D eigenvalue weighted by molar-refractivity contribution is -0.118. The van der Waals surface area contributed by atoms with Crippen LogP contribution < -0.4 is 5.32 Å². The largest absolute Gasteiger partial charge is 0.506 e. The summed E-state index contributed by atoms with van der Waals surface area (Å²) in [5.74, 6) is -1.32. The Morgan fingerprint density at radius 3 is 2.20 bits per heavy atom. The van der Waals surface area contributed by atoms with E-state index in [-0.39, 0.29) is 27.9 Å². The molecule has 0 saturated heterocycles. The van der Waals surface area contributed by atoms with Crippen molar-refractivity contribution in [2.45, 2.75) is 20.8 Å². The third-order valence-electron chi connectivity index (χ3n) is 2.61. The van der Waals surface area contributed by atoms with Crippen LogP contribution in [0.4, 0.5) is 0 Å². The summed E-state index contributed by atoms with van der Waals surface area (Å²) < 4.78 is 0. The second-order valence-electron chi connectivity index (χ2n) is 5.58. The lowest BCUT2D eigenvalue weighted by Crippen LogP contribution is -2.28. The van der Waals surface area contributed by atoms with Crippen LogP contribution in [-0.2, 0) is 9.59 Å². The van der Waals surface area contributed by atoms with E-state index in [1.807, 2.05) is 20.8 Å². The zero-order chi connectivity index (χ0) is 15.5. The lowest BCUT2D eigenvalue weighted by Gasteiger charge is -2.20. The molecule has 20 heavy (non-hydrogen) atoms. The normalized spacial score (nSPS) is 21.4. The summed E-state index contributed by atoms with van der Waals surface area (Å²) in [5.41, 5.74) is -0.166. The topological polar surface area (TPSA) is 78.8 Å². The smallest absolute Gasteiger partial charge is 0.201 e. The molecule has 5 heteroatoms. The van der Waals surface area contributed by atoms with E-state index in [9.17, 15) is 14.7 Å². The fraction of sp³-hybridized carbons (Fsp3) is 0.400. The number of ketones is 2. The molecule has 0 amide bonds. The molecule has 0 aliphatic heterocycles. The van der Waals surface area contributed by atoms with Crippen LogP contribution in [0.15, 0.2) is 39.7 Å². The van der Waals surface area contributed by atoms with Crippen LogP contribution in [0, 0.1) is 5.41 Å². The highest BCUT2D eigenvalue weighted by Gasteiger charge is 2.35.